The predicted octanol–water partition coefficient (Wildman–Crippen LogP) is 2.05. The molecule has 1 aromatic carbocycles. The fraction of sp³-hybridized carbons (Fsp3) is 0.273. The van der Waals surface area contributed by atoms with Crippen LogP contribution in [0.4, 0.5) is 0 Å². The van der Waals surface area contributed by atoms with Crippen molar-refractivity contribution in [3.63, 3.8) is 0 Å². The van der Waals surface area contributed by atoms with Gasteiger partial charge in [-0.3, -0.25) is 4.79 Å². The van der Waals surface area contributed by atoms with Gasteiger partial charge in [0, 0.05) is 5.56 Å². The Labute approximate surface area is 76.8 Å². The van der Waals surface area contributed by atoms with Gasteiger partial charge in [-0.25, -0.2) is 0 Å². The summed E-state index contributed by atoms with van der Waals surface area (Å²) >= 11 is 0. The second-order valence-corrected chi connectivity index (χ2v) is 3.32. The lowest BCUT2D eigenvalue weighted by atomic mass is 9.75. The number of carbonyl (C=O) groups is 1. The first-order chi connectivity index (χ1) is 6.24. The molecule has 0 aliphatic heterocycles. The number of ketones is 1. The van der Waals surface area contributed by atoms with Crippen LogP contribution in [-0.2, 0) is 6.42 Å². The zero-order valence-corrected chi connectivity index (χ0v) is 7.37. The lowest BCUT2D eigenvalue weighted by Crippen LogP contribution is -2.19. The van der Waals surface area contributed by atoms with Gasteiger partial charge in [-0.05, 0) is 24.5 Å². The zero-order valence-electron chi connectivity index (χ0n) is 7.37. The van der Waals surface area contributed by atoms with Crippen LogP contribution in [0.15, 0.2) is 18.2 Å². The van der Waals surface area contributed by atoms with E-state index in [1.54, 1.807) is 13.0 Å². The highest BCUT2D eigenvalue weighted by atomic mass is 16.1. The molecule has 64 valence electrons. The molecule has 0 aromatic heterocycles. The van der Waals surface area contributed by atoms with Gasteiger partial charge < -0.3 is 0 Å². The Kier molecular flexibility index (Phi) is 1.66. The molecule has 13 heavy (non-hydrogen) atoms. The fourth-order valence-electron chi connectivity index (χ4n) is 1.81. The predicted molar refractivity (Wildman–Crippen MR) is 48.5 cm³/mol. The van der Waals surface area contributed by atoms with Gasteiger partial charge in [0.2, 0.25) is 0 Å². The Balaban J connectivity index is 2.56. The van der Waals surface area contributed by atoms with E-state index in [1.807, 2.05) is 12.1 Å². The highest BCUT2D eigenvalue weighted by Crippen LogP contribution is 2.37. The van der Waals surface area contributed by atoms with E-state index in [1.165, 1.54) is 0 Å². The van der Waals surface area contributed by atoms with Gasteiger partial charge >= 0.3 is 0 Å². The average Bonchev–Trinajstić information content (AvgIpc) is 2.06. The normalized spacial score (nSPS) is 18.3. The van der Waals surface area contributed by atoms with Crippen molar-refractivity contribution in [3.8, 4) is 6.07 Å². The molecule has 0 spiro atoms. The molecule has 0 heterocycles. The number of fused-ring (bicyclic) bond motifs is 1. The number of hydrogen-bond acceptors (Lipinski definition) is 2. The quantitative estimate of drug-likeness (QED) is 0.607. The standard InChI is InChI=1S/C11H9NO/c1-7(13)10-4-2-3-8-5-9(6-12)11(8)10/h2-4,9H,5H2,1H3. The van der Waals surface area contributed by atoms with E-state index in [0.29, 0.717) is 0 Å². The highest BCUT2D eigenvalue weighted by molar-refractivity contribution is 5.96. The Hall–Kier alpha value is -1.62. The molecule has 0 fully saturated rings. The summed E-state index contributed by atoms with van der Waals surface area (Å²) in [6.07, 6.45) is 0.799. The minimum atomic E-state index is -0.0601. The molecule has 0 N–H and O–H groups in total. The molecule has 0 saturated heterocycles. The van der Waals surface area contributed by atoms with E-state index < -0.39 is 0 Å². The summed E-state index contributed by atoms with van der Waals surface area (Å²) in [5.41, 5.74) is 2.83. The van der Waals surface area contributed by atoms with Crippen molar-refractivity contribution in [2.24, 2.45) is 0 Å². The van der Waals surface area contributed by atoms with Gasteiger partial charge in [0.05, 0.1) is 12.0 Å². The smallest absolute Gasteiger partial charge is 0.160 e. The Bertz CT molecular complexity index is 415. The number of rotatable bonds is 1. The lowest BCUT2D eigenvalue weighted by molar-refractivity contribution is 0.101. The average molecular weight is 171 g/mol. The van der Waals surface area contributed by atoms with E-state index >= 15 is 0 Å². The summed E-state index contributed by atoms with van der Waals surface area (Å²) in [6.45, 7) is 1.54. The summed E-state index contributed by atoms with van der Waals surface area (Å²) in [6, 6.07) is 7.86. The first-order valence-corrected chi connectivity index (χ1v) is 4.26. The number of carbonyl (C=O) groups excluding carboxylic acids is 1. The van der Waals surface area contributed by atoms with Gasteiger partial charge in [-0.15, -0.1) is 0 Å². The molecule has 0 amide bonds. The van der Waals surface area contributed by atoms with E-state index in [9.17, 15) is 4.79 Å². The van der Waals surface area contributed by atoms with Crippen molar-refractivity contribution in [1.82, 2.24) is 0 Å². The van der Waals surface area contributed by atoms with Crippen molar-refractivity contribution >= 4 is 5.78 Å². The summed E-state index contributed by atoms with van der Waals surface area (Å²) < 4.78 is 0. The molecular formula is C11H9NO. The molecule has 2 rings (SSSR count). The lowest BCUT2D eigenvalue weighted by Gasteiger charge is -2.26. The summed E-state index contributed by atoms with van der Waals surface area (Å²) in [7, 11) is 0. The van der Waals surface area contributed by atoms with E-state index in [2.05, 4.69) is 6.07 Å². The van der Waals surface area contributed by atoms with E-state index in [0.717, 1.165) is 23.1 Å². The first kappa shape index (κ1) is 8.00. The summed E-state index contributed by atoms with van der Waals surface area (Å²) in [5, 5.41) is 8.78. The van der Waals surface area contributed by atoms with Gasteiger partial charge in [0.25, 0.3) is 0 Å². The van der Waals surface area contributed by atoms with Crippen LogP contribution in [0.1, 0.15) is 34.3 Å². The van der Waals surface area contributed by atoms with E-state index in [4.69, 9.17) is 5.26 Å². The summed E-state index contributed by atoms with van der Waals surface area (Å²) in [5.74, 6) is -0.00750. The second-order valence-electron chi connectivity index (χ2n) is 3.32. The van der Waals surface area contributed by atoms with Crippen LogP contribution in [0.2, 0.25) is 0 Å². The van der Waals surface area contributed by atoms with Crippen LogP contribution in [0.5, 0.6) is 0 Å². The third-order valence-electron chi connectivity index (χ3n) is 2.50. The number of hydrogen-bond donors (Lipinski definition) is 0. The Morgan fingerprint density at radius 1 is 1.62 bits per heavy atom. The maximum atomic E-state index is 11.2. The minimum absolute atomic E-state index is 0.0526. The van der Waals surface area contributed by atoms with Crippen LogP contribution in [0, 0.1) is 11.3 Å². The topological polar surface area (TPSA) is 40.9 Å². The first-order valence-electron chi connectivity index (χ1n) is 4.26. The van der Waals surface area contributed by atoms with Crippen LogP contribution in [-0.4, -0.2) is 5.78 Å². The molecule has 2 heteroatoms. The molecule has 1 aliphatic carbocycles. The number of benzene rings is 1. The molecule has 0 radical (unpaired) electrons. The summed E-state index contributed by atoms with van der Waals surface area (Å²) in [4.78, 5) is 11.2. The monoisotopic (exact) mass is 171 g/mol. The van der Waals surface area contributed by atoms with Gasteiger partial charge in [0.1, 0.15) is 0 Å². The van der Waals surface area contributed by atoms with Crippen LogP contribution in [0.3, 0.4) is 0 Å². The Morgan fingerprint density at radius 3 is 3.00 bits per heavy atom. The van der Waals surface area contributed by atoms with Gasteiger partial charge in [-0.1, -0.05) is 18.2 Å². The number of nitriles is 1. The van der Waals surface area contributed by atoms with Crippen LogP contribution >= 0.6 is 0 Å². The fourth-order valence-corrected chi connectivity index (χ4v) is 1.81. The maximum Gasteiger partial charge on any atom is 0.160 e. The maximum absolute atomic E-state index is 11.2. The molecule has 0 saturated carbocycles. The van der Waals surface area contributed by atoms with Gasteiger partial charge in [0.15, 0.2) is 5.78 Å². The molecule has 1 aromatic rings. The number of nitrogens with zero attached hydrogens (tertiary/aromatic N) is 1. The van der Waals surface area contributed by atoms with Crippen molar-refractivity contribution < 1.29 is 4.79 Å². The van der Waals surface area contributed by atoms with Crippen LogP contribution < -0.4 is 0 Å². The SMILES string of the molecule is CC(=O)c1cccc2c1C(C#N)C2. The largest absolute Gasteiger partial charge is 0.295 e. The minimum Gasteiger partial charge on any atom is -0.295 e. The van der Waals surface area contributed by atoms with Crippen molar-refractivity contribution in [2.45, 2.75) is 19.3 Å². The van der Waals surface area contributed by atoms with Crippen molar-refractivity contribution in [2.75, 3.05) is 0 Å². The van der Waals surface area contributed by atoms with Crippen molar-refractivity contribution in [3.05, 3.63) is 34.9 Å². The molecule has 1 atom stereocenters. The zero-order chi connectivity index (χ0) is 9.42. The molecule has 0 bridgehead atoms. The Morgan fingerprint density at radius 2 is 2.38 bits per heavy atom. The molecule has 1 aliphatic rings. The molecule has 1 unspecified atom stereocenters. The molecular weight excluding hydrogens is 162 g/mol. The van der Waals surface area contributed by atoms with E-state index in [-0.39, 0.29) is 11.7 Å². The van der Waals surface area contributed by atoms with Crippen molar-refractivity contribution in [1.29, 1.82) is 5.26 Å². The van der Waals surface area contributed by atoms with Gasteiger partial charge in [-0.2, -0.15) is 5.26 Å². The third-order valence-corrected chi connectivity index (χ3v) is 2.50. The highest BCUT2D eigenvalue weighted by Gasteiger charge is 2.29. The number of Topliss-reactive ketones (excluding diaryl/α,β-unsaturated/α-hetero) is 1. The van der Waals surface area contributed by atoms with Crippen LogP contribution in [0.25, 0.3) is 0 Å². The molecule has 2 nitrogen and oxygen atoms in total. The second kappa shape index (κ2) is 2.70. The third kappa shape index (κ3) is 1.05.